The fourth-order valence-electron chi connectivity index (χ4n) is 2.16. The van der Waals surface area contributed by atoms with E-state index in [9.17, 15) is 4.79 Å². The van der Waals surface area contributed by atoms with E-state index in [1.807, 2.05) is 31.2 Å². The van der Waals surface area contributed by atoms with Gasteiger partial charge in [0.05, 0.1) is 0 Å². The van der Waals surface area contributed by atoms with Gasteiger partial charge in [-0.1, -0.05) is 35.3 Å². The second-order valence-electron chi connectivity index (χ2n) is 5.34. The molecule has 0 spiro atoms. The van der Waals surface area contributed by atoms with Crippen LogP contribution < -0.4 is 10.1 Å². The fourth-order valence-corrected chi connectivity index (χ4v) is 2.59. The Morgan fingerprint density at radius 1 is 1.17 bits per heavy atom. The number of halogens is 2. The molecule has 0 unspecified atom stereocenters. The average Bonchev–Trinajstić information content (AvgIpc) is 2.50. The van der Waals surface area contributed by atoms with Gasteiger partial charge in [0.25, 0.3) is 5.91 Å². The molecule has 2 aromatic rings. The van der Waals surface area contributed by atoms with E-state index >= 15 is 0 Å². The van der Waals surface area contributed by atoms with Crippen molar-refractivity contribution < 1.29 is 9.53 Å². The molecule has 122 valence electrons. The topological polar surface area (TPSA) is 38.3 Å². The van der Waals surface area contributed by atoms with Crippen LogP contribution >= 0.6 is 23.2 Å². The van der Waals surface area contributed by atoms with E-state index in [1.54, 1.807) is 25.1 Å². The summed E-state index contributed by atoms with van der Waals surface area (Å²) >= 11 is 11.8. The molecule has 2 aromatic carbocycles. The van der Waals surface area contributed by atoms with Crippen molar-refractivity contribution in [1.29, 1.82) is 0 Å². The van der Waals surface area contributed by atoms with Gasteiger partial charge in [-0.15, -0.1) is 0 Å². The van der Waals surface area contributed by atoms with E-state index in [1.165, 1.54) is 0 Å². The van der Waals surface area contributed by atoms with E-state index in [0.29, 0.717) is 22.3 Å². The number of aryl methyl sites for hydroxylation is 1. The van der Waals surface area contributed by atoms with Gasteiger partial charge in [-0.2, -0.15) is 0 Å². The third-order valence-electron chi connectivity index (χ3n) is 3.41. The van der Waals surface area contributed by atoms with Gasteiger partial charge in [0.2, 0.25) is 0 Å². The van der Waals surface area contributed by atoms with Crippen molar-refractivity contribution in [2.24, 2.45) is 0 Å². The van der Waals surface area contributed by atoms with Crippen molar-refractivity contribution >= 4 is 29.1 Å². The van der Waals surface area contributed by atoms with E-state index in [-0.39, 0.29) is 5.91 Å². The fraction of sp³-hybridized carbons (Fsp3) is 0.278. The molecule has 0 aliphatic heterocycles. The number of hydrogen-bond acceptors (Lipinski definition) is 2. The molecule has 5 heteroatoms. The Balaban J connectivity index is 1.83. The first kappa shape index (κ1) is 17.6. The number of rotatable bonds is 6. The maximum atomic E-state index is 12.1. The van der Waals surface area contributed by atoms with Crippen LogP contribution in [0.2, 0.25) is 10.0 Å². The molecule has 0 aliphatic carbocycles. The van der Waals surface area contributed by atoms with Gasteiger partial charge < -0.3 is 10.1 Å². The van der Waals surface area contributed by atoms with Crippen LogP contribution in [0.3, 0.4) is 0 Å². The van der Waals surface area contributed by atoms with Gasteiger partial charge in [-0.05, 0) is 61.7 Å². The van der Waals surface area contributed by atoms with Crippen LogP contribution in [0.15, 0.2) is 42.5 Å². The molecular formula is C18H19Cl2NO2. The molecule has 0 saturated heterocycles. The Kier molecular flexibility index (Phi) is 6.31. The third-order valence-corrected chi connectivity index (χ3v) is 3.88. The van der Waals surface area contributed by atoms with Crippen molar-refractivity contribution in [1.82, 2.24) is 5.32 Å². The highest BCUT2D eigenvalue weighted by atomic mass is 35.5. The van der Waals surface area contributed by atoms with E-state index in [2.05, 4.69) is 5.32 Å². The van der Waals surface area contributed by atoms with Crippen molar-refractivity contribution in [3.05, 3.63) is 63.6 Å². The maximum Gasteiger partial charge on any atom is 0.260 e. The minimum atomic E-state index is -0.575. The molecule has 0 heterocycles. The molecule has 23 heavy (non-hydrogen) atoms. The zero-order valence-corrected chi connectivity index (χ0v) is 14.6. The largest absolute Gasteiger partial charge is 0.481 e. The molecule has 0 aliphatic rings. The van der Waals surface area contributed by atoms with Gasteiger partial charge in [0.1, 0.15) is 5.75 Å². The summed E-state index contributed by atoms with van der Waals surface area (Å²) < 4.78 is 5.69. The predicted molar refractivity (Wildman–Crippen MR) is 94.4 cm³/mol. The highest BCUT2D eigenvalue weighted by Crippen LogP contribution is 2.22. The molecule has 0 aromatic heterocycles. The summed E-state index contributed by atoms with van der Waals surface area (Å²) in [6, 6.07) is 12.9. The first-order valence-electron chi connectivity index (χ1n) is 7.40. The Labute approximate surface area is 146 Å². The zero-order chi connectivity index (χ0) is 16.8. The van der Waals surface area contributed by atoms with Gasteiger partial charge in [-0.25, -0.2) is 0 Å². The number of ether oxygens (including phenoxy) is 1. The summed E-state index contributed by atoms with van der Waals surface area (Å²) in [5, 5.41) is 4.21. The average molecular weight is 352 g/mol. The van der Waals surface area contributed by atoms with E-state index in [0.717, 1.165) is 17.5 Å². The molecule has 0 fully saturated rings. The van der Waals surface area contributed by atoms with Crippen molar-refractivity contribution in [2.45, 2.75) is 26.4 Å². The highest BCUT2D eigenvalue weighted by molar-refractivity contribution is 6.30. The molecule has 0 bridgehead atoms. The first-order chi connectivity index (χ1) is 11.0. The number of carbonyl (C=O) groups is 1. The number of hydrogen-bond donors (Lipinski definition) is 1. The minimum absolute atomic E-state index is 0.152. The summed E-state index contributed by atoms with van der Waals surface area (Å²) in [7, 11) is 0. The first-order valence-corrected chi connectivity index (χ1v) is 8.16. The van der Waals surface area contributed by atoms with Crippen LogP contribution in [0.4, 0.5) is 0 Å². The Morgan fingerprint density at radius 2 is 1.91 bits per heavy atom. The molecule has 0 radical (unpaired) electrons. The number of amides is 1. The monoisotopic (exact) mass is 351 g/mol. The zero-order valence-electron chi connectivity index (χ0n) is 13.1. The van der Waals surface area contributed by atoms with Crippen LogP contribution in [-0.4, -0.2) is 18.6 Å². The minimum Gasteiger partial charge on any atom is -0.481 e. The summed E-state index contributed by atoms with van der Waals surface area (Å²) in [6.07, 6.45) is 0.146. The van der Waals surface area contributed by atoms with Gasteiger partial charge in [0, 0.05) is 16.6 Å². The van der Waals surface area contributed by atoms with Gasteiger partial charge >= 0.3 is 0 Å². The predicted octanol–water partition coefficient (Wildman–Crippen LogP) is 4.43. The second-order valence-corrected chi connectivity index (χ2v) is 6.21. The summed E-state index contributed by atoms with van der Waals surface area (Å²) in [5.74, 6) is 0.508. The lowest BCUT2D eigenvalue weighted by atomic mass is 10.1. The maximum absolute atomic E-state index is 12.1. The normalized spacial score (nSPS) is 11.8. The van der Waals surface area contributed by atoms with E-state index in [4.69, 9.17) is 27.9 Å². The Hall–Kier alpha value is -1.71. The smallest absolute Gasteiger partial charge is 0.260 e. The van der Waals surface area contributed by atoms with Crippen LogP contribution in [-0.2, 0) is 11.2 Å². The molecule has 0 saturated carbocycles. The van der Waals surface area contributed by atoms with Crippen molar-refractivity contribution in [3.8, 4) is 5.75 Å². The number of nitrogens with one attached hydrogen (secondary N) is 1. The summed E-state index contributed by atoms with van der Waals surface area (Å²) in [5.41, 5.74) is 1.98. The number of carbonyl (C=O) groups excluding carboxylic acids is 1. The standard InChI is InChI=1S/C18H19Cl2NO2/c1-12-10-16(20)6-7-17(12)23-13(2)18(22)21-9-8-14-4-3-5-15(19)11-14/h3-7,10-11,13H,8-9H2,1-2H3,(H,21,22)/t13-/m0/s1. The molecule has 1 N–H and O–H groups in total. The van der Waals surface area contributed by atoms with Crippen LogP contribution in [0.5, 0.6) is 5.75 Å². The molecule has 2 rings (SSSR count). The lowest BCUT2D eigenvalue weighted by Gasteiger charge is -2.16. The van der Waals surface area contributed by atoms with Crippen LogP contribution in [0, 0.1) is 6.92 Å². The SMILES string of the molecule is Cc1cc(Cl)ccc1O[C@@H](C)C(=O)NCCc1cccc(Cl)c1. The number of benzene rings is 2. The lowest BCUT2D eigenvalue weighted by Crippen LogP contribution is -2.37. The highest BCUT2D eigenvalue weighted by Gasteiger charge is 2.15. The summed E-state index contributed by atoms with van der Waals surface area (Å²) in [4.78, 5) is 12.1. The molecular weight excluding hydrogens is 333 g/mol. The van der Waals surface area contributed by atoms with Gasteiger partial charge in [0.15, 0.2) is 6.10 Å². The second kappa shape index (κ2) is 8.23. The van der Waals surface area contributed by atoms with Crippen LogP contribution in [0.25, 0.3) is 0 Å². The molecule has 3 nitrogen and oxygen atoms in total. The summed E-state index contributed by atoms with van der Waals surface area (Å²) in [6.45, 7) is 4.15. The van der Waals surface area contributed by atoms with Gasteiger partial charge in [-0.3, -0.25) is 4.79 Å². The Bertz CT molecular complexity index is 688. The van der Waals surface area contributed by atoms with E-state index < -0.39 is 6.10 Å². The van der Waals surface area contributed by atoms with Crippen LogP contribution in [0.1, 0.15) is 18.1 Å². The molecule has 1 amide bonds. The lowest BCUT2D eigenvalue weighted by molar-refractivity contribution is -0.127. The molecule has 1 atom stereocenters. The van der Waals surface area contributed by atoms with Crippen molar-refractivity contribution in [2.75, 3.05) is 6.54 Å². The quantitative estimate of drug-likeness (QED) is 0.835. The third kappa shape index (κ3) is 5.45. The van der Waals surface area contributed by atoms with Crippen molar-refractivity contribution in [3.63, 3.8) is 0 Å². The Morgan fingerprint density at radius 3 is 2.61 bits per heavy atom.